The van der Waals surface area contributed by atoms with Gasteiger partial charge in [0, 0.05) is 42.8 Å². The van der Waals surface area contributed by atoms with Gasteiger partial charge in [-0.1, -0.05) is 29.8 Å². The number of fused-ring (bicyclic) bond motifs is 1. The highest BCUT2D eigenvalue weighted by atomic mass is 35.5. The van der Waals surface area contributed by atoms with Gasteiger partial charge in [0.2, 0.25) is 10.0 Å². The summed E-state index contributed by atoms with van der Waals surface area (Å²) >= 11 is 6.26. The first-order valence-corrected chi connectivity index (χ1v) is 12.0. The molecule has 2 aromatic carbocycles. The van der Waals surface area contributed by atoms with Crippen molar-refractivity contribution < 1.29 is 13.2 Å². The van der Waals surface area contributed by atoms with Crippen LogP contribution in [0.25, 0.3) is 10.9 Å². The molecule has 1 aliphatic heterocycles. The van der Waals surface area contributed by atoms with Crippen molar-refractivity contribution in [2.45, 2.75) is 19.3 Å². The van der Waals surface area contributed by atoms with Crippen molar-refractivity contribution in [3.63, 3.8) is 0 Å². The van der Waals surface area contributed by atoms with Gasteiger partial charge in [-0.2, -0.15) is 0 Å². The summed E-state index contributed by atoms with van der Waals surface area (Å²) in [6, 6.07) is 12.9. The topological polar surface area (TPSA) is 71.4 Å². The van der Waals surface area contributed by atoms with Gasteiger partial charge in [-0.3, -0.25) is 9.10 Å². The SMILES string of the molecule is Cn1cc(CCNC(=O)c2ccc(Cl)c(N3CCCCS3(=O)=O)c2)c2ccccc21. The van der Waals surface area contributed by atoms with Crippen molar-refractivity contribution >= 4 is 44.1 Å². The lowest BCUT2D eigenvalue weighted by molar-refractivity contribution is 0.0954. The summed E-state index contributed by atoms with van der Waals surface area (Å²) in [6.07, 6.45) is 4.20. The Morgan fingerprint density at radius 1 is 1.17 bits per heavy atom. The fourth-order valence-corrected chi connectivity index (χ4v) is 5.86. The van der Waals surface area contributed by atoms with Crippen LogP contribution < -0.4 is 9.62 Å². The number of aromatic nitrogens is 1. The number of nitrogens with zero attached hydrogens (tertiary/aromatic N) is 2. The number of hydrogen-bond acceptors (Lipinski definition) is 3. The second kappa shape index (κ2) is 8.32. The number of sulfonamides is 1. The number of hydrogen-bond donors (Lipinski definition) is 1. The Hall–Kier alpha value is -2.51. The van der Waals surface area contributed by atoms with Gasteiger partial charge in [-0.25, -0.2) is 8.42 Å². The third-order valence-electron chi connectivity index (χ3n) is 5.49. The molecule has 0 aliphatic carbocycles. The minimum Gasteiger partial charge on any atom is -0.352 e. The zero-order valence-electron chi connectivity index (χ0n) is 16.8. The Kier molecular flexibility index (Phi) is 5.75. The first-order valence-electron chi connectivity index (χ1n) is 9.98. The molecule has 30 heavy (non-hydrogen) atoms. The van der Waals surface area contributed by atoms with Crippen molar-refractivity contribution in [2.75, 3.05) is 23.1 Å². The Labute approximate surface area is 181 Å². The van der Waals surface area contributed by atoms with Crippen LogP contribution in [0.4, 0.5) is 5.69 Å². The summed E-state index contributed by atoms with van der Waals surface area (Å²) in [5.41, 5.74) is 3.10. The molecule has 8 heteroatoms. The molecule has 0 atom stereocenters. The summed E-state index contributed by atoms with van der Waals surface area (Å²) in [6.45, 7) is 0.862. The van der Waals surface area contributed by atoms with Crippen molar-refractivity contribution in [1.29, 1.82) is 0 Å². The number of rotatable bonds is 5. The maximum Gasteiger partial charge on any atom is 0.251 e. The van der Waals surface area contributed by atoms with Gasteiger partial charge >= 0.3 is 0 Å². The lowest BCUT2D eigenvalue weighted by atomic mass is 10.1. The van der Waals surface area contributed by atoms with E-state index < -0.39 is 10.0 Å². The van der Waals surface area contributed by atoms with Crippen LogP contribution in [0.1, 0.15) is 28.8 Å². The number of carbonyl (C=O) groups is 1. The van der Waals surface area contributed by atoms with Crippen LogP contribution in [-0.4, -0.2) is 37.7 Å². The minimum atomic E-state index is -3.40. The molecular weight excluding hydrogens is 422 g/mol. The number of benzene rings is 2. The average Bonchev–Trinajstić information content (AvgIpc) is 3.04. The second-order valence-electron chi connectivity index (χ2n) is 7.55. The molecule has 1 amide bonds. The molecule has 6 nitrogen and oxygen atoms in total. The Balaban J connectivity index is 1.47. The van der Waals surface area contributed by atoms with Gasteiger partial charge in [-0.05, 0) is 49.1 Å². The maximum atomic E-state index is 12.7. The highest BCUT2D eigenvalue weighted by Gasteiger charge is 2.28. The molecule has 0 radical (unpaired) electrons. The number of amides is 1. The second-order valence-corrected chi connectivity index (χ2v) is 9.97. The van der Waals surface area contributed by atoms with Crippen LogP contribution in [0, 0.1) is 0 Å². The Bertz CT molecular complexity index is 1200. The number of carbonyl (C=O) groups excluding carboxylic acids is 1. The number of aryl methyl sites for hydroxylation is 1. The van der Waals surface area contributed by atoms with Crippen LogP contribution in [-0.2, 0) is 23.5 Å². The van der Waals surface area contributed by atoms with E-state index in [1.54, 1.807) is 18.2 Å². The lowest BCUT2D eigenvalue weighted by Crippen LogP contribution is -2.38. The number of para-hydroxylation sites is 1. The molecule has 1 saturated heterocycles. The largest absolute Gasteiger partial charge is 0.352 e. The lowest BCUT2D eigenvalue weighted by Gasteiger charge is -2.29. The first kappa shape index (κ1) is 20.8. The molecule has 0 saturated carbocycles. The molecule has 3 aromatic rings. The van der Waals surface area contributed by atoms with Crippen LogP contribution in [0.2, 0.25) is 5.02 Å². The fourth-order valence-electron chi connectivity index (χ4n) is 3.94. The molecule has 0 bridgehead atoms. The number of anilines is 1. The van der Waals surface area contributed by atoms with E-state index in [0.717, 1.165) is 11.9 Å². The van der Waals surface area contributed by atoms with E-state index in [1.165, 1.54) is 15.3 Å². The van der Waals surface area contributed by atoms with E-state index in [9.17, 15) is 13.2 Å². The quantitative estimate of drug-likeness (QED) is 0.650. The van der Waals surface area contributed by atoms with Crippen molar-refractivity contribution in [2.24, 2.45) is 7.05 Å². The molecule has 0 spiro atoms. The molecule has 4 rings (SSSR count). The molecule has 1 fully saturated rings. The van der Waals surface area contributed by atoms with E-state index in [2.05, 4.69) is 28.2 Å². The van der Waals surface area contributed by atoms with E-state index >= 15 is 0 Å². The van der Waals surface area contributed by atoms with Gasteiger partial charge in [0.1, 0.15) is 0 Å². The maximum absolute atomic E-state index is 12.7. The third-order valence-corrected chi connectivity index (χ3v) is 7.66. The third kappa shape index (κ3) is 4.04. The van der Waals surface area contributed by atoms with Gasteiger partial charge in [-0.15, -0.1) is 0 Å². The van der Waals surface area contributed by atoms with Gasteiger partial charge in [0.15, 0.2) is 0 Å². The van der Waals surface area contributed by atoms with Gasteiger partial charge in [0.25, 0.3) is 5.91 Å². The number of halogens is 1. The molecule has 1 aromatic heterocycles. The van der Waals surface area contributed by atoms with E-state index in [4.69, 9.17) is 11.6 Å². The van der Waals surface area contributed by atoms with Gasteiger partial charge in [0.05, 0.1) is 16.5 Å². The predicted molar refractivity (Wildman–Crippen MR) is 121 cm³/mol. The molecule has 1 aliphatic rings. The summed E-state index contributed by atoms with van der Waals surface area (Å²) in [7, 11) is -1.39. The minimum absolute atomic E-state index is 0.102. The molecule has 1 N–H and O–H groups in total. The normalized spacial score (nSPS) is 16.0. The van der Waals surface area contributed by atoms with E-state index in [1.807, 2.05) is 19.2 Å². The van der Waals surface area contributed by atoms with Crippen molar-refractivity contribution in [3.05, 3.63) is 64.8 Å². The van der Waals surface area contributed by atoms with Crippen LogP contribution in [0.5, 0.6) is 0 Å². The van der Waals surface area contributed by atoms with E-state index in [0.29, 0.717) is 42.2 Å². The molecular formula is C22H24ClN3O3S. The zero-order chi connectivity index (χ0) is 21.3. The summed E-state index contributed by atoms with van der Waals surface area (Å²) < 4.78 is 28.2. The highest BCUT2D eigenvalue weighted by molar-refractivity contribution is 7.92. The smallest absolute Gasteiger partial charge is 0.251 e. The predicted octanol–water partition coefficient (Wildman–Crippen LogP) is 3.73. The van der Waals surface area contributed by atoms with Gasteiger partial charge < -0.3 is 9.88 Å². The van der Waals surface area contributed by atoms with E-state index in [-0.39, 0.29) is 11.7 Å². The van der Waals surface area contributed by atoms with Crippen LogP contribution in [0.15, 0.2) is 48.7 Å². The first-order chi connectivity index (χ1) is 14.4. The summed E-state index contributed by atoms with van der Waals surface area (Å²) in [5.74, 6) is -0.146. The van der Waals surface area contributed by atoms with Crippen LogP contribution in [0.3, 0.4) is 0 Å². The monoisotopic (exact) mass is 445 g/mol. The van der Waals surface area contributed by atoms with Crippen molar-refractivity contribution in [1.82, 2.24) is 9.88 Å². The standard InChI is InChI=1S/C22H24ClN3O3S/c1-25-15-17(18-6-2-3-7-20(18)25)10-11-24-22(27)16-8-9-19(23)21(14-16)26-12-4-5-13-30(26,28)29/h2-3,6-9,14-15H,4-5,10-13H2,1H3,(H,24,27). The zero-order valence-corrected chi connectivity index (χ0v) is 18.3. The highest BCUT2D eigenvalue weighted by Crippen LogP contribution is 2.31. The number of nitrogens with one attached hydrogen (secondary N) is 1. The average molecular weight is 446 g/mol. The van der Waals surface area contributed by atoms with Crippen LogP contribution >= 0.6 is 11.6 Å². The Morgan fingerprint density at radius 2 is 1.97 bits per heavy atom. The summed E-state index contributed by atoms with van der Waals surface area (Å²) in [5, 5.41) is 4.44. The molecule has 0 unspecified atom stereocenters. The molecule has 158 valence electrons. The Morgan fingerprint density at radius 3 is 2.77 bits per heavy atom. The van der Waals surface area contributed by atoms with Crippen molar-refractivity contribution in [3.8, 4) is 0 Å². The summed E-state index contributed by atoms with van der Waals surface area (Å²) in [4.78, 5) is 12.7. The molecule has 2 heterocycles. The fraction of sp³-hybridized carbons (Fsp3) is 0.318.